The molecule has 1 aromatic rings. The Balaban J connectivity index is 1.82. The Morgan fingerprint density at radius 3 is 2.32 bits per heavy atom. The van der Waals surface area contributed by atoms with E-state index in [4.69, 9.17) is 5.73 Å². The van der Waals surface area contributed by atoms with Crippen LogP contribution in [0.1, 0.15) is 44.1 Å². The van der Waals surface area contributed by atoms with Crippen LogP contribution in [-0.2, 0) is 10.2 Å². The summed E-state index contributed by atoms with van der Waals surface area (Å²) in [6.07, 6.45) is 6.40. The van der Waals surface area contributed by atoms with Crippen molar-refractivity contribution in [2.45, 2.75) is 43.9 Å². The highest BCUT2D eigenvalue weighted by Crippen LogP contribution is 2.43. The number of likely N-dealkylation sites (tertiary alicyclic amines) is 1. The van der Waals surface area contributed by atoms with E-state index in [1.165, 1.54) is 5.56 Å². The lowest BCUT2D eigenvalue weighted by atomic mass is 9.77. The molecule has 2 N–H and O–H groups in total. The van der Waals surface area contributed by atoms with Gasteiger partial charge in [-0.05, 0) is 55.8 Å². The molecule has 0 radical (unpaired) electrons. The molecule has 1 amide bonds. The second-order valence-corrected chi connectivity index (χ2v) is 7.68. The van der Waals surface area contributed by atoms with Gasteiger partial charge in [-0.25, -0.2) is 0 Å². The third kappa shape index (κ3) is 2.95. The number of benzene rings is 1. The Morgan fingerprint density at radius 1 is 1.18 bits per heavy atom. The van der Waals surface area contributed by atoms with Crippen LogP contribution in [0.4, 0.5) is 0 Å². The molecule has 22 heavy (non-hydrogen) atoms. The van der Waals surface area contributed by atoms with Crippen molar-refractivity contribution in [2.75, 3.05) is 19.6 Å². The summed E-state index contributed by atoms with van der Waals surface area (Å²) in [6.45, 7) is 2.50. The summed E-state index contributed by atoms with van der Waals surface area (Å²) >= 11 is 3.49. The molecule has 4 heteroatoms. The van der Waals surface area contributed by atoms with Gasteiger partial charge in [-0.15, -0.1) is 0 Å². The highest BCUT2D eigenvalue weighted by molar-refractivity contribution is 9.10. The molecule has 2 aliphatic rings. The van der Waals surface area contributed by atoms with Crippen LogP contribution in [0.15, 0.2) is 28.7 Å². The number of halogens is 1. The third-order valence-corrected chi connectivity index (χ3v) is 6.03. The Bertz CT molecular complexity index is 514. The van der Waals surface area contributed by atoms with Crippen molar-refractivity contribution in [2.24, 2.45) is 11.7 Å². The Morgan fingerprint density at radius 2 is 1.77 bits per heavy atom. The maximum atomic E-state index is 13.3. The Kier molecular flexibility index (Phi) is 4.88. The second-order valence-electron chi connectivity index (χ2n) is 6.77. The number of hydrogen-bond donors (Lipinski definition) is 1. The predicted molar refractivity (Wildman–Crippen MR) is 92.6 cm³/mol. The molecule has 3 rings (SSSR count). The van der Waals surface area contributed by atoms with Crippen LogP contribution in [0, 0.1) is 5.92 Å². The van der Waals surface area contributed by atoms with Crippen molar-refractivity contribution in [3.05, 3.63) is 34.3 Å². The molecule has 0 atom stereocenters. The molecule has 3 nitrogen and oxygen atoms in total. The van der Waals surface area contributed by atoms with E-state index in [-0.39, 0.29) is 5.41 Å². The van der Waals surface area contributed by atoms with E-state index in [0.29, 0.717) is 11.8 Å². The number of piperidine rings is 1. The van der Waals surface area contributed by atoms with E-state index in [2.05, 4.69) is 45.1 Å². The van der Waals surface area contributed by atoms with E-state index in [9.17, 15) is 4.79 Å². The minimum absolute atomic E-state index is 0.281. The van der Waals surface area contributed by atoms with Crippen molar-refractivity contribution in [1.82, 2.24) is 4.90 Å². The summed E-state index contributed by atoms with van der Waals surface area (Å²) in [6, 6.07) is 8.37. The highest BCUT2D eigenvalue weighted by atomic mass is 79.9. The van der Waals surface area contributed by atoms with Gasteiger partial charge in [0.25, 0.3) is 0 Å². The van der Waals surface area contributed by atoms with E-state index in [0.717, 1.165) is 62.6 Å². The summed E-state index contributed by atoms with van der Waals surface area (Å²) in [5.74, 6) is 0.944. The SMILES string of the molecule is NCC1CCN(C(=O)C2(c3ccc(Br)cc3)CCCC2)CC1. The first-order valence-corrected chi connectivity index (χ1v) is 9.20. The molecule has 0 spiro atoms. The van der Waals surface area contributed by atoms with Crippen LogP contribution in [-0.4, -0.2) is 30.4 Å². The number of nitrogens with zero attached hydrogens (tertiary/aromatic N) is 1. The second kappa shape index (κ2) is 6.71. The zero-order valence-corrected chi connectivity index (χ0v) is 14.6. The Labute approximate surface area is 141 Å². The van der Waals surface area contributed by atoms with Crippen molar-refractivity contribution < 1.29 is 4.79 Å². The molecule has 1 aliphatic heterocycles. The van der Waals surface area contributed by atoms with Gasteiger partial charge in [0.2, 0.25) is 5.91 Å². The molecular weight excluding hydrogens is 340 g/mol. The standard InChI is InChI=1S/C18H25BrN2O/c19-16-5-3-15(4-6-16)18(9-1-2-10-18)17(22)21-11-7-14(13-20)8-12-21/h3-6,14H,1-2,7-13,20H2. The first-order valence-electron chi connectivity index (χ1n) is 8.41. The molecule has 0 bridgehead atoms. The number of amides is 1. The lowest BCUT2D eigenvalue weighted by Crippen LogP contribution is -2.49. The van der Waals surface area contributed by atoms with Crippen LogP contribution in [0.2, 0.25) is 0 Å². The molecule has 1 heterocycles. The monoisotopic (exact) mass is 364 g/mol. The van der Waals surface area contributed by atoms with Crippen LogP contribution in [0.25, 0.3) is 0 Å². The van der Waals surface area contributed by atoms with Gasteiger partial charge in [0.15, 0.2) is 0 Å². The van der Waals surface area contributed by atoms with Gasteiger partial charge in [-0.2, -0.15) is 0 Å². The summed E-state index contributed by atoms with van der Waals surface area (Å²) in [5.41, 5.74) is 6.68. The third-order valence-electron chi connectivity index (χ3n) is 5.50. The predicted octanol–water partition coefficient (Wildman–Crippen LogP) is 3.46. The summed E-state index contributed by atoms with van der Waals surface area (Å²) in [7, 11) is 0. The van der Waals surface area contributed by atoms with Crippen molar-refractivity contribution in [3.8, 4) is 0 Å². The van der Waals surface area contributed by atoms with Gasteiger partial charge in [-0.1, -0.05) is 40.9 Å². The molecule has 1 saturated carbocycles. The van der Waals surface area contributed by atoms with Crippen molar-refractivity contribution in [1.29, 1.82) is 0 Å². The maximum absolute atomic E-state index is 13.3. The average molecular weight is 365 g/mol. The minimum Gasteiger partial charge on any atom is -0.342 e. The van der Waals surface area contributed by atoms with Crippen molar-refractivity contribution in [3.63, 3.8) is 0 Å². The first-order chi connectivity index (χ1) is 10.7. The molecular formula is C18H25BrN2O. The Hall–Kier alpha value is -0.870. The van der Waals surface area contributed by atoms with Gasteiger partial charge < -0.3 is 10.6 Å². The minimum atomic E-state index is -0.281. The van der Waals surface area contributed by atoms with Gasteiger partial charge >= 0.3 is 0 Å². The fourth-order valence-corrected chi connectivity index (χ4v) is 4.31. The van der Waals surface area contributed by atoms with Gasteiger partial charge in [0.05, 0.1) is 5.41 Å². The number of rotatable bonds is 3. The van der Waals surface area contributed by atoms with E-state index in [1.54, 1.807) is 0 Å². The van der Waals surface area contributed by atoms with E-state index in [1.807, 2.05) is 0 Å². The summed E-state index contributed by atoms with van der Waals surface area (Å²) in [5, 5.41) is 0. The number of carbonyl (C=O) groups excluding carboxylic acids is 1. The van der Waals surface area contributed by atoms with E-state index >= 15 is 0 Å². The topological polar surface area (TPSA) is 46.3 Å². The van der Waals surface area contributed by atoms with Crippen LogP contribution in [0.5, 0.6) is 0 Å². The van der Waals surface area contributed by atoms with Gasteiger partial charge in [0.1, 0.15) is 0 Å². The van der Waals surface area contributed by atoms with Gasteiger partial charge in [0, 0.05) is 17.6 Å². The number of nitrogens with two attached hydrogens (primary N) is 1. The highest BCUT2D eigenvalue weighted by Gasteiger charge is 2.45. The van der Waals surface area contributed by atoms with E-state index < -0.39 is 0 Å². The lowest BCUT2D eigenvalue weighted by Gasteiger charge is -2.38. The van der Waals surface area contributed by atoms with Crippen LogP contribution >= 0.6 is 15.9 Å². The molecule has 120 valence electrons. The average Bonchev–Trinajstić information content (AvgIpc) is 3.06. The summed E-state index contributed by atoms with van der Waals surface area (Å²) in [4.78, 5) is 15.4. The maximum Gasteiger partial charge on any atom is 0.233 e. The van der Waals surface area contributed by atoms with Crippen molar-refractivity contribution >= 4 is 21.8 Å². The molecule has 0 aromatic heterocycles. The smallest absolute Gasteiger partial charge is 0.233 e. The lowest BCUT2D eigenvalue weighted by molar-refractivity contribution is -0.138. The zero-order chi connectivity index (χ0) is 15.6. The molecule has 1 saturated heterocycles. The van der Waals surface area contributed by atoms with Crippen LogP contribution < -0.4 is 5.73 Å². The molecule has 1 aliphatic carbocycles. The number of hydrogen-bond acceptors (Lipinski definition) is 2. The quantitative estimate of drug-likeness (QED) is 0.892. The largest absolute Gasteiger partial charge is 0.342 e. The number of carbonyl (C=O) groups is 1. The molecule has 2 fully saturated rings. The molecule has 0 unspecified atom stereocenters. The fourth-order valence-electron chi connectivity index (χ4n) is 4.05. The normalized spacial score (nSPS) is 22.0. The molecule has 1 aromatic carbocycles. The fraction of sp³-hybridized carbons (Fsp3) is 0.611. The van der Waals surface area contributed by atoms with Gasteiger partial charge in [-0.3, -0.25) is 4.79 Å². The summed E-state index contributed by atoms with van der Waals surface area (Å²) < 4.78 is 1.07. The zero-order valence-electron chi connectivity index (χ0n) is 13.1. The first kappa shape index (κ1) is 16.0. The van der Waals surface area contributed by atoms with Crippen LogP contribution in [0.3, 0.4) is 0 Å².